The molecule has 1 heterocycles. The third-order valence-corrected chi connectivity index (χ3v) is 3.63. The number of halogens is 2. The Morgan fingerprint density at radius 1 is 0.905 bits per heavy atom. The van der Waals surface area contributed by atoms with Gasteiger partial charge in [0.2, 0.25) is 5.69 Å². The second-order valence-electron chi connectivity index (χ2n) is 4.83. The molecule has 2 nitrogen and oxygen atoms in total. The molecule has 3 rings (SSSR count). The summed E-state index contributed by atoms with van der Waals surface area (Å²) in [6, 6.07) is 19.0. The minimum absolute atomic E-state index is 0. The van der Waals surface area contributed by atoms with Crippen molar-refractivity contribution in [3.8, 4) is 22.5 Å². The SMILES string of the molecule is Cn1c(-c2ccc(F)cc2)cc(-c2ccccc2)[n+]1C.[I-]. The zero-order valence-electron chi connectivity index (χ0n) is 11.9. The van der Waals surface area contributed by atoms with Gasteiger partial charge in [-0.05, 0) is 36.4 Å². The molecule has 0 unspecified atom stereocenters. The number of nitrogens with zero attached hydrogens (tertiary/aromatic N) is 2. The van der Waals surface area contributed by atoms with Crippen LogP contribution in [0.25, 0.3) is 22.5 Å². The summed E-state index contributed by atoms with van der Waals surface area (Å²) in [5.74, 6) is -0.212. The van der Waals surface area contributed by atoms with Gasteiger partial charge in [-0.1, -0.05) is 18.2 Å². The molecular weight excluding hydrogens is 378 g/mol. The van der Waals surface area contributed by atoms with Gasteiger partial charge in [-0.15, -0.1) is 4.68 Å². The minimum Gasteiger partial charge on any atom is -1.00 e. The zero-order valence-corrected chi connectivity index (χ0v) is 14.1. The Morgan fingerprint density at radius 3 is 2.14 bits per heavy atom. The molecule has 0 radical (unpaired) electrons. The van der Waals surface area contributed by atoms with Crippen LogP contribution in [0, 0.1) is 5.82 Å². The third kappa shape index (κ3) is 3.00. The predicted octanol–water partition coefficient (Wildman–Crippen LogP) is 0.327. The lowest BCUT2D eigenvalue weighted by atomic mass is 10.1. The molecule has 0 N–H and O–H groups in total. The lowest BCUT2D eigenvalue weighted by Gasteiger charge is -1.99. The summed E-state index contributed by atoms with van der Waals surface area (Å²) in [5.41, 5.74) is 4.37. The van der Waals surface area contributed by atoms with Gasteiger partial charge in [0.1, 0.15) is 11.5 Å². The number of hydrogen-bond donors (Lipinski definition) is 0. The predicted molar refractivity (Wildman–Crippen MR) is 77.4 cm³/mol. The molecule has 0 amide bonds. The molecule has 0 bridgehead atoms. The second-order valence-corrected chi connectivity index (χ2v) is 4.83. The summed E-state index contributed by atoms with van der Waals surface area (Å²) >= 11 is 0. The number of hydrogen-bond acceptors (Lipinski definition) is 0. The van der Waals surface area contributed by atoms with Crippen molar-refractivity contribution < 1.29 is 33.0 Å². The Kier molecular flexibility index (Phi) is 4.77. The number of benzene rings is 2. The molecule has 0 saturated heterocycles. The summed E-state index contributed by atoms with van der Waals surface area (Å²) in [4.78, 5) is 0. The molecule has 0 aliphatic rings. The fourth-order valence-corrected chi connectivity index (χ4v) is 2.41. The molecule has 21 heavy (non-hydrogen) atoms. The first-order chi connectivity index (χ1) is 9.66. The lowest BCUT2D eigenvalue weighted by Crippen LogP contribution is -3.00. The van der Waals surface area contributed by atoms with Crippen LogP contribution in [-0.2, 0) is 14.1 Å². The standard InChI is InChI=1S/C17H16FN2.HI/c1-19-16(13-6-4-3-5-7-13)12-17(20(19)2)14-8-10-15(18)11-9-14;/h3-12H,1-2H3;1H/q+1;/p-1. The molecule has 4 heteroatoms. The second kappa shape index (κ2) is 6.39. The summed E-state index contributed by atoms with van der Waals surface area (Å²) < 4.78 is 17.2. The van der Waals surface area contributed by atoms with Gasteiger partial charge < -0.3 is 24.0 Å². The maximum Gasteiger partial charge on any atom is 0.238 e. The highest BCUT2D eigenvalue weighted by atomic mass is 127. The Balaban J connectivity index is 0.00000161. The Morgan fingerprint density at radius 2 is 1.52 bits per heavy atom. The highest BCUT2D eigenvalue weighted by molar-refractivity contribution is 5.66. The molecule has 2 aromatic carbocycles. The van der Waals surface area contributed by atoms with E-state index in [1.165, 1.54) is 17.7 Å². The van der Waals surface area contributed by atoms with Crippen LogP contribution in [0.15, 0.2) is 60.7 Å². The fourth-order valence-electron chi connectivity index (χ4n) is 2.41. The van der Waals surface area contributed by atoms with Gasteiger partial charge in [-0.25, -0.2) is 4.39 Å². The van der Waals surface area contributed by atoms with E-state index in [-0.39, 0.29) is 29.8 Å². The van der Waals surface area contributed by atoms with Gasteiger partial charge in [0.05, 0.1) is 7.05 Å². The topological polar surface area (TPSA) is 8.81 Å². The van der Waals surface area contributed by atoms with Crippen LogP contribution < -0.4 is 28.7 Å². The van der Waals surface area contributed by atoms with E-state index in [9.17, 15) is 4.39 Å². The van der Waals surface area contributed by atoms with Crippen molar-refractivity contribution in [2.75, 3.05) is 0 Å². The lowest BCUT2D eigenvalue weighted by molar-refractivity contribution is -0.740. The van der Waals surface area contributed by atoms with Crippen LogP contribution in [0.4, 0.5) is 4.39 Å². The minimum atomic E-state index is -0.212. The van der Waals surface area contributed by atoms with Gasteiger partial charge in [0, 0.05) is 17.2 Å². The fraction of sp³-hybridized carbons (Fsp3) is 0.118. The number of rotatable bonds is 2. The molecule has 0 atom stereocenters. The van der Waals surface area contributed by atoms with Crippen LogP contribution in [0.1, 0.15) is 0 Å². The normalized spacial score (nSPS) is 10.2. The van der Waals surface area contributed by atoms with E-state index >= 15 is 0 Å². The molecule has 0 saturated carbocycles. The highest BCUT2D eigenvalue weighted by Crippen LogP contribution is 2.24. The molecule has 0 spiro atoms. The van der Waals surface area contributed by atoms with Crippen molar-refractivity contribution in [1.82, 2.24) is 4.68 Å². The number of aromatic nitrogens is 2. The molecule has 1 aromatic heterocycles. The van der Waals surface area contributed by atoms with Crippen LogP contribution >= 0.6 is 0 Å². The largest absolute Gasteiger partial charge is 1.00 e. The van der Waals surface area contributed by atoms with Crippen LogP contribution in [0.5, 0.6) is 0 Å². The Hall–Kier alpha value is -1.69. The van der Waals surface area contributed by atoms with Crippen LogP contribution in [0.2, 0.25) is 0 Å². The first-order valence-corrected chi connectivity index (χ1v) is 6.54. The van der Waals surface area contributed by atoms with Crippen molar-refractivity contribution in [2.24, 2.45) is 14.1 Å². The maximum absolute atomic E-state index is 13.0. The van der Waals surface area contributed by atoms with Crippen molar-refractivity contribution in [1.29, 1.82) is 0 Å². The van der Waals surface area contributed by atoms with Gasteiger partial charge in [0.15, 0.2) is 7.05 Å². The smallest absolute Gasteiger partial charge is 0.238 e. The molecule has 0 aliphatic carbocycles. The Labute approximate surface area is 140 Å². The van der Waals surface area contributed by atoms with Crippen molar-refractivity contribution in [3.63, 3.8) is 0 Å². The summed E-state index contributed by atoms with van der Waals surface area (Å²) in [7, 11) is 4.03. The van der Waals surface area contributed by atoms with Crippen LogP contribution in [-0.4, -0.2) is 4.68 Å². The van der Waals surface area contributed by atoms with Crippen LogP contribution in [0.3, 0.4) is 0 Å². The van der Waals surface area contributed by atoms with E-state index in [0.29, 0.717) is 0 Å². The summed E-state index contributed by atoms with van der Waals surface area (Å²) in [6.45, 7) is 0. The molecule has 0 fully saturated rings. The average Bonchev–Trinajstić information content (AvgIpc) is 2.77. The van der Waals surface area contributed by atoms with Gasteiger partial charge >= 0.3 is 0 Å². The quantitative estimate of drug-likeness (QED) is 0.438. The Bertz CT molecular complexity index is 733. The molecule has 3 aromatic rings. The van der Waals surface area contributed by atoms with Gasteiger partial charge in [-0.2, -0.15) is 4.68 Å². The third-order valence-electron chi connectivity index (χ3n) is 3.63. The first kappa shape index (κ1) is 15.7. The zero-order chi connectivity index (χ0) is 14.1. The van der Waals surface area contributed by atoms with Crippen molar-refractivity contribution >= 4 is 0 Å². The van der Waals surface area contributed by atoms with E-state index in [1.54, 1.807) is 12.1 Å². The molecule has 108 valence electrons. The summed E-state index contributed by atoms with van der Waals surface area (Å²) in [6.07, 6.45) is 0. The van der Waals surface area contributed by atoms with Gasteiger partial charge in [-0.3, -0.25) is 0 Å². The highest BCUT2D eigenvalue weighted by Gasteiger charge is 2.19. The first-order valence-electron chi connectivity index (χ1n) is 6.54. The maximum atomic E-state index is 13.0. The van der Waals surface area contributed by atoms with Gasteiger partial charge in [0.25, 0.3) is 0 Å². The monoisotopic (exact) mass is 394 g/mol. The van der Waals surface area contributed by atoms with E-state index in [2.05, 4.69) is 27.6 Å². The van der Waals surface area contributed by atoms with E-state index in [4.69, 9.17) is 0 Å². The average molecular weight is 394 g/mol. The molecule has 0 aliphatic heterocycles. The van der Waals surface area contributed by atoms with Crippen molar-refractivity contribution in [2.45, 2.75) is 0 Å². The van der Waals surface area contributed by atoms with E-state index < -0.39 is 0 Å². The molecular formula is C17H16FIN2. The van der Waals surface area contributed by atoms with Crippen molar-refractivity contribution in [3.05, 3.63) is 66.5 Å². The van der Waals surface area contributed by atoms with E-state index in [0.717, 1.165) is 17.0 Å². The summed E-state index contributed by atoms with van der Waals surface area (Å²) in [5, 5.41) is 0. The van der Waals surface area contributed by atoms with E-state index in [1.807, 2.05) is 32.3 Å².